The van der Waals surface area contributed by atoms with Crippen LogP contribution in [0.1, 0.15) is 33.2 Å². The van der Waals surface area contributed by atoms with Gasteiger partial charge in [0.1, 0.15) is 0 Å². The fraction of sp³-hybridized carbons (Fsp3) is 0.235. The minimum absolute atomic E-state index is 0.102. The Morgan fingerprint density at radius 2 is 1.87 bits per heavy atom. The van der Waals surface area contributed by atoms with Crippen LogP contribution in [-0.4, -0.2) is 17.6 Å². The molecule has 0 saturated carbocycles. The molecule has 122 valence electrons. The van der Waals surface area contributed by atoms with Crippen LogP contribution in [0.15, 0.2) is 48.5 Å². The summed E-state index contributed by atoms with van der Waals surface area (Å²) >= 11 is 0. The quantitative estimate of drug-likeness (QED) is 0.905. The number of hydrogen-bond donors (Lipinski definition) is 2. The SMILES string of the molecule is Cc1ccccc1C(=O)NC[C@@H](O)c1cccc(C(F)(F)F)c1. The number of aryl methyl sites for hydroxylation is 1. The molecule has 0 aliphatic rings. The highest BCUT2D eigenvalue weighted by Gasteiger charge is 2.30. The van der Waals surface area contributed by atoms with Gasteiger partial charge in [-0.05, 0) is 36.2 Å². The van der Waals surface area contributed by atoms with Gasteiger partial charge in [0.05, 0.1) is 11.7 Å². The molecule has 2 N–H and O–H groups in total. The van der Waals surface area contributed by atoms with Gasteiger partial charge in [-0.3, -0.25) is 4.79 Å². The van der Waals surface area contributed by atoms with Crippen LogP contribution in [0.4, 0.5) is 13.2 Å². The van der Waals surface area contributed by atoms with Crippen LogP contribution in [0.3, 0.4) is 0 Å². The van der Waals surface area contributed by atoms with E-state index in [0.29, 0.717) is 5.56 Å². The molecule has 2 rings (SSSR count). The van der Waals surface area contributed by atoms with Crippen molar-refractivity contribution in [2.24, 2.45) is 0 Å². The number of amides is 1. The first-order chi connectivity index (χ1) is 10.8. The molecular weight excluding hydrogens is 307 g/mol. The van der Waals surface area contributed by atoms with Gasteiger partial charge in [0, 0.05) is 12.1 Å². The standard InChI is InChI=1S/C17H16F3NO2/c1-11-5-2-3-8-14(11)16(23)21-10-15(22)12-6-4-7-13(9-12)17(18,19)20/h2-9,15,22H,10H2,1H3,(H,21,23)/t15-/m1/s1. The lowest BCUT2D eigenvalue weighted by molar-refractivity contribution is -0.137. The predicted molar refractivity (Wildman–Crippen MR) is 79.9 cm³/mol. The zero-order valence-corrected chi connectivity index (χ0v) is 12.4. The van der Waals surface area contributed by atoms with Gasteiger partial charge >= 0.3 is 6.18 Å². The second-order valence-corrected chi connectivity index (χ2v) is 5.16. The summed E-state index contributed by atoms with van der Waals surface area (Å²) < 4.78 is 38.0. The summed E-state index contributed by atoms with van der Waals surface area (Å²) in [7, 11) is 0. The third kappa shape index (κ3) is 4.32. The number of aliphatic hydroxyl groups excluding tert-OH is 1. The van der Waals surface area contributed by atoms with E-state index in [4.69, 9.17) is 0 Å². The van der Waals surface area contributed by atoms with Crippen molar-refractivity contribution >= 4 is 5.91 Å². The number of hydrogen-bond acceptors (Lipinski definition) is 2. The Bertz CT molecular complexity index is 698. The molecule has 1 amide bonds. The summed E-state index contributed by atoms with van der Waals surface area (Å²) in [6.07, 6.45) is -5.69. The molecule has 6 heteroatoms. The van der Waals surface area contributed by atoms with Gasteiger partial charge in [-0.1, -0.05) is 30.3 Å². The Kier molecular flexibility index (Phi) is 5.05. The molecule has 0 heterocycles. The molecule has 2 aromatic rings. The van der Waals surface area contributed by atoms with Crippen LogP contribution >= 0.6 is 0 Å². The van der Waals surface area contributed by atoms with Crippen molar-refractivity contribution in [2.45, 2.75) is 19.2 Å². The molecule has 0 aliphatic heterocycles. The summed E-state index contributed by atoms with van der Waals surface area (Å²) in [6, 6.07) is 11.4. The highest BCUT2D eigenvalue weighted by molar-refractivity contribution is 5.95. The minimum Gasteiger partial charge on any atom is -0.387 e. The van der Waals surface area contributed by atoms with E-state index in [9.17, 15) is 23.1 Å². The minimum atomic E-state index is -4.47. The Labute approximate surface area is 131 Å². The number of carbonyl (C=O) groups excluding carboxylic acids is 1. The van der Waals surface area contributed by atoms with Gasteiger partial charge < -0.3 is 10.4 Å². The van der Waals surface area contributed by atoms with Crippen molar-refractivity contribution in [1.29, 1.82) is 0 Å². The lowest BCUT2D eigenvalue weighted by Crippen LogP contribution is -2.29. The predicted octanol–water partition coefficient (Wildman–Crippen LogP) is 3.48. The van der Waals surface area contributed by atoms with Gasteiger partial charge in [-0.25, -0.2) is 0 Å². The van der Waals surface area contributed by atoms with Crippen LogP contribution in [-0.2, 0) is 6.18 Å². The molecule has 3 nitrogen and oxygen atoms in total. The molecule has 0 radical (unpaired) electrons. The first-order valence-electron chi connectivity index (χ1n) is 6.98. The van der Waals surface area contributed by atoms with E-state index >= 15 is 0 Å². The van der Waals surface area contributed by atoms with Gasteiger partial charge in [0.25, 0.3) is 5.91 Å². The van der Waals surface area contributed by atoms with Crippen molar-refractivity contribution in [3.8, 4) is 0 Å². The third-order valence-corrected chi connectivity index (χ3v) is 3.44. The van der Waals surface area contributed by atoms with E-state index < -0.39 is 17.8 Å². The zero-order chi connectivity index (χ0) is 17.0. The van der Waals surface area contributed by atoms with Crippen LogP contribution < -0.4 is 5.32 Å². The molecular formula is C17H16F3NO2. The molecule has 23 heavy (non-hydrogen) atoms. The van der Waals surface area contributed by atoms with Gasteiger partial charge in [-0.2, -0.15) is 13.2 Å². The first-order valence-corrected chi connectivity index (χ1v) is 6.98. The number of rotatable bonds is 4. The van der Waals surface area contributed by atoms with E-state index in [1.54, 1.807) is 31.2 Å². The number of benzene rings is 2. The van der Waals surface area contributed by atoms with Crippen molar-refractivity contribution < 1.29 is 23.1 Å². The number of nitrogens with one attached hydrogen (secondary N) is 1. The highest BCUT2D eigenvalue weighted by Crippen LogP contribution is 2.30. The van der Waals surface area contributed by atoms with E-state index in [1.807, 2.05) is 0 Å². The van der Waals surface area contributed by atoms with Crippen molar-refractivity contribution in [2.75, 3.05) is 6.54 Å². The van der Waals surface area contributed by atoms with Crippen LogP contribution in [0, 0.1) is 6.92 Å². The summed E-state index contributed by atoms with van der Waals surface area (Å²) in [4.78, 5) is 12.0. The maximum absolute atomic E-state index is 12.7. The second-order valence-electron chi connectivity index (χ2n) is 5.16. The van der Waals surface area contributed by atoms with Crippen molar-refractivity contribution in [1.82, 2.24) is 5.32 Å². The Morgan fingerprint density at radius 1 is 1.17 bits per heavy atom. The van der Waals surface area contributed by atoms with E-state index in [2.05, 4.69) is 5.32 Å². The average molecular weight is 323 g/mol. The Morgan fingerprint density at radius 3 is 2.52 bits per heavy atom. The second kappa shape index (κ2) is 6.83. The Balaban J connectivity index is 2.04. The molecule has 0 unspecified atom stereocenters. The molecule has 0 fully saturated rings. The average Bonchev–Trinajstić information content (AvgIpc) is 2.52. The molecule has 0 saturated heterocycles. The summed E-state index contributed by atoms with van der Waals surface area (Å²) in [6.45, 7) is 1.60. The van der Waals surface area contributed by atoms with Gasteiger partial charge in [-0.15, -0.1) is 0 Å². The number of carbonyl (C=O) groups is 1. The fourth-order valence-electron chi connectivity index (χ4n) is 2.15. The van der Waals surface area contributed by atoms with E-state index in [-0.39, 0.29) is 18.0 Å². The van der Waals surface area contributed by atoms with E-state index in [0.717, 1.165) is 17.7 Å². The van der Waals surface area contributed by atoms with Gasteiger partial charge in [0.2, 0.25) is 0 Å². The molecule has 2 aromatic carbocycles. The molecule has 0 bridgehead atoms. The largest absolute Gasteiger partial charge is 0.416 e. The monoisotopic (exact) mass is 323 g/mol. The normalized spacial score (nSPS) is 12.7. The smallest absolute Gasteiger partial charge is 0.387 e. The van der Waals surface area contributed by atoms with E-state index in [1.165, 1.54) is 12.1 Å². The number of alkyl halides is 3. The van der Waals surface area contributed by atoms with Crippen molar-refractivity contribution in [3.05, 3.63) is 70.8 Å². The van der Waals surface area contributed by atoms with Gasteiger partial charge in [0.15, 0.2) is 0 Å². The summed E-state index contributed by atoms with van der Waals surface area (Å²) in [5.74, 6) is -0.380. The molecule has 1 atom stereocenters. The highest BCUT2D eigenvalue weighted by atomic mass is 19.4. The molecule has 0 aliphatic carbocycles. The maximum atomic E-state index is 12.7. The maximum Gasteiger partial charge on any atom is 0.416 e. The summed E-state index contributed by atoms with van der Waals surface area (Å²) in [5, 5.41) is 12.5. The number of halogens is 3. The topological polar surface area (TPSA) is 49.3 Å². The number of aliphatic hydroxyl groups is 1. The lowest BCUT2D eigenvalue weighted by atomic mass is 10.0. The van der Waals surface area contributed by atoms with Crippen LogP contribution in [0.2, 0.25) is 0 Å². The fourth-order valence-corrected chi connectivity index (χ4v) is 2.15. The third-order valence-electron chi connectivity index (χ3n) is 3.44. The van der Waals surface area contributed by atoms with Crippen LogP contribution in [0.5, 0.6) is 0 Å². The Hall–Kier alpha value is -2.34. The van der Waals surface area contributed by atoms with Crippen LogP contribution in [0.25, 0.3) is 0 Å². The summed E-state index contributed by atoms with van der Waals surface area (Å²) in [5.41, 5.74) is 0.506. The van der Waals surface area contributed by atoms with Crippen molar-refractivity contribution in [3.63, 3.8) is 0 Å². The molecule has 0 spiro atoms. The lowest BCUT2D eigenvalue weighted by Gasteiger charge is -2.15. The zero-order valence-electron chi connectivity index (χ0n) is 12.4. The first kappa shape index (κ1) is 17.0. The molecule has 0 aromatic heterocycles.